The van der Waals surface area contributed by atoms with Crippen LogP contribution in [0.5, 0.6) is 0 Å². The van der Waals surface area contributed by atoms with E-state index in [-0.39, 0.29) is 7.66 Å². The molecule has 0 aromatic heterocycles. The fourth-order valence-electron chi connectivity index (χ4n) is 2.17. The standard InChI is InChI=1S/C15H16IN3S/c1-17-10-4-6-12-14(8-10)20(16)15-9-11(19(2)3)5-7-13(15)18-12/h4-9,17H,1-3H3. The smallest absolute Gasteiger partial charge is 0.0777 e. The molecule has 1 unspecified atom stereocenters. The zero-order valence-electron chi connectivity index (χ0n) is 11.6. The third-order valence-electron chi connectivity index (χ3n) is 3.34. The van der Waals surface area contributed by atoms with Crippen LogP contribution in [0, 0.1) is 4.51 Å². The molecule has 20 heavy (non-hydrogen) atoms. The Kier molecular flexibility index (Phi) is 3.72. The van der Waals surface area contributed by atoms with Crippen molar-refractivity contribution in [1.82, 2.24) is 0 Å². The minimum Gasteiger partial charge on any atom is -0.388 e. The highest BCUT2D eigenvalue weighted by molar-refractivity contribution is 14.2. The molecule has 104 valence electrons. The lowest BCUT2D eigenvalue weighted by Crippen LogP contribution is -2.09. The lowest BCUT2D eigenvalue weighted by molar-refractivity contribution is 1.12. The largest absolute Gasteiger partial charge is 0.388 e. The Hall–Kier alpha value is -1.08. The van der Waals surface area contributed by atoms with Gasteiger partial charge in [-0.3, -0.25) is 0 Å². The number of nitrogens with zero attached hydrogens (tertiary/aromatic N) is 2. The molecule has 0 saturated carbocycles. The Morgan fingerprint density at radius 3 is 2.65 bits per heavy atom. The molecule has 0 radical (unpaired) electrons. The number of rotatable bonds is 2. The van der Waals surface area contributed by atoms with E-state index < -0.39 is 0 Å². The van der Waals surface area contributed by atoms with Gasteiger partial charge >= 0.3 is 0 Å². The Bertz CT molecular complexity index is 799. The maximum Gasteiger partial charge on any atom is 0.0777 e. The summed E-state index contributed by atoms with van der Waals surface area (Å²) in [5.41, 5.74) is 3.46. The van der Waals surface area contributed by atoms with Gasteiger partial charge in [0.1, 0.15) is 0 Å². The van der Waals surface area contributed by atoms with Crippen molar-refractivity contribution in [2.24, 2.45) is 4.99 Å². The molecule has 1 aliphatic heterocycles. The molecule has 0 aliphatic carbocycles. The number of hydrogen-bond donors (Lipinski definition) is 1. The van der Waals surface area contributed by atoms with Crippen LogP contribution < -0.4 is 15.6 Å². The van der Waals surface area contributed by atoms with Crippen molar-refractivity contribution in [1.29, 1.82) is 0 Å². The Morgan fingerprint density at radius 1 is 1.15 bits per heavy atom. The van der Waals surface area contributed by atoms with Crippen LogP contribution in [0.4, 0.5) is 17.1 Å². The summed E-state index contributed by atoms with van der Waals surface area (Å²) < 4.78 is 1.31. The van der Waals surface area contributed by atoms with Crippen LogP contribution >= 0.6 is 28.9 Å². The second-order valence-corrected chi connectivity index (χ2v) is 8.88. The molecule has 1 heterocycles. The summed E-state index contributed by atoms with van der Waals surface area (Å²) in [5, 5.41) is 4.29. The van der Waals surface area contributed by atoms with Crippen molar-refractivity contribution in [3.8, 4) is 0 Å². The molecular weight excluding hydrogens is 381 g/mol. The van der Waals surface area contributed by atoms with E-state index in [2.05, 4.69) is 81.9 Å². The minimum atomic E-state index is 0.0308. The normalized spacial score (nSPS) is 15.9. The maximum absolute atomic E-state index is 4.79. The molecule has 0 spiro atoms. The van der Waals surface area contributed by atoms with Crippen LogP contribution in [0.25, 0.3) is 0 Å². The quantitative estimate of drug-likeness (QED) is 0.613. The van der Waals surface area contributed by atoms with E-state index in [0.717, 1.165) is 16.7 Å². The molecule has 1 aliphatic rings. The highest BCUT2D eigenvalue weighted by Crippen LogP contribution is 2.45. The maximum atomic E-state index is 4.79. The van der Waals surface area contributed by atoms with Gasteiger partial charge in [0, 0.05) is 41.9 Å². The van der Waals surface area contributed by atoms with Crippen LogP contribution in [-0.2, 0) is 0 Å². The highest BCUT2D eigenvalue weighted by atomic mass is 127. The number of halogens is 1. The van der Waals surface area contributed by atoms with Crippen molar-refractivity contribution in [2.75, 3.05) is 31.4 Å². The van der Waals surface area contributed by atoms with E-state index in [9.17, 15) is 0 Å². The molecule has 0 fully saturated rings. The van der Waals surface area contributed by atoms with Gasteiger partial charge in [-0.15, -0.1) is 0 Å². The number of fused-ring (bicyclic) bond motifs is 2. The Morgan fingerprint density at radius 2 is 1.95 bits per heavy atom. The molecule has 0 bridgehead atoms. The average molecular weight is 397 g/mol. The predicted octanol–water partition coefficient (Wildman–Crippen LogP) is 3.99. The number of anilines is 2. The van der Waals surface area contributed by atoms with Gasteiger partial charge in [-0.2, -0.15) is 0 Å². The van der Waals surface area contributed by atoms with Gasteiger partial charge < -0.3 is 10.2 Å². The van der Waals surface area contributed by atoms with Gasteiger partial charge in [-0.1, -0.05) is 7.66 Å². The summed E-state index contributed by atoms with van der Waals surface area (Å²) >= 11 is 2.53. The molecule has 1 N–H and O–H groups in total. The van der Waals surface area contributed by atoms with Gasteiger partial charge in [0.25, 0.3) is 0 Å². The average Bonchev–Trinajstić information content (AvgIpc) is 2.47. The summed E-state index contributed by atoms with van der Waals surface area (Å²) in [6.07, 6.45) is 0. The fraction of sp³-hybridized carbons (Fsp3) is 0.200. The molecular formula is C15H16IN3S. The lowest BCUT2D eigenvalue weighted by Gasteiger charge is -2.17. The van der Waals surface area contributed by atoms with Gasteiger partial charge in [0.2, 0.25) is 0 Å². The van der Waals surface area contributed by atoms with Crippen molar-refractivity contribution in [3.63, 3.8) is 0 Å². The van der Waals surface area contributed by atoms with E-state index in [4.69, 9.17) is 4.99 Å². The van der Waals surface area contributed by atoms with Crippen LogP contribution in [0.15, 0.2) is 46.3 Å². The monoisotopic (exact) mass is 397 g/mol. The first-order valence-electron chi connectivity index (χ1n) is 6.35. The van der Waals surface area contributed by atoms with Gasteiger partial charge in [0.15, 0.2) is 0 Å². The molecule has 2 aromatic rings. The number of nitrogens with one attached hydrogen (secondary N) is 1. The van der Waals surface area contributed by atoms with E-state index in [1.165, 1.54) is 15.1 Å². The van der Waals surface area contributed by atoms with Gasteiger partial charge in [-0.25, -0.2) is 4.99 Å². The summed E-state index contributed by atoms with van der Waals surface area (Å²) in [5.74, 6) is 0. The molecule has 5 heteroatoms. The van der Waals surface area contributed by atoms with Crippen LogP contribution in [0.3, 0.4) is 0 Å². The predicted molar refractivity (Wildman–Crippen MR) is 96.3 cm³/mol. The topological polar surface area (TPSA) is 27.6 Å². The zero-order valence-corrected chi connectivity index (χ0v) is 14.6. The fourth-order valence-corrected chi connectivity index (χ4v) is 5.57. The molecule has 0 amide bonds. The summed E-state index contributed by atoms with van der Waals surface area (Å²) in [4.78, 5) is 8.24. The van der Waals surface area contributed by atoms with Crippen molar-refractivity contribution >= 4 is 45.9 Å². The van der Waals surface area contributed by atoms with Crippen LogP contribution in [0.1, 0.15) is 0 Å². The number of benzene rings is 2. The van der Waals surface area contributed by atoms with E-state index >= 15 is 0 Å². The minimum absolute atomic E-state index is 0.0308. The highest BCUT2D eigenvalue weighted by Gasteiger charge is 2.12. The first-order valence-corrected chi connectivity index (χ1v) is 10.1. The van der Waals surface area contributed by atoms with Gasteiger partial charge in [-0.05, 0) is 57.6 Å². The summed E-state index contributed by atoms with van der Waals surface area (Å²) in [6, 6.07) is 12.9. The number of hydrogen-bond acceptors (Lipinski definition) is 3. The first-order chi connectivity index (χ1) is 9.60. The van der Waals surface area contributed by atoms with E-state index in [1.54, 1.807) is 0 Å². The summed E-state index contributed by atoms with van der Waals surface area (Å²) in [6.45, 7) is 0. The third kappa shape index (κ3) is 2.33. The zero-order chi connectivity index (χ0) is 14.3. The van der Waals surface area contributed by atoms with Crippen LogP contribution in [-0.4, -0.2) is 21.1 Å². The molecule has 2 aromatic carbocycles. The van der Waals surface area contributed by atoms with Crippen molar-refractivity contribution in [2.45, 2.75) is 4.90 Å². The van der Waals surface area contributed by atoms with Crippen molar-refractivity contribution in [3.05, 3.63) is 46.3 Å². The van der Waals surface area contributed by atoms with Gasteiger partial charge in [0.05, 0.1) is 11.0 Å². The second kappa shape index (κ2) is 5.37. The summed E-state index contributed by atoms with van der Waals surface area (Å²) in [7, 11) is 6.12. The van der Waals surface area contributed by atoms with E-state index in [0.29, 0.717) is 0 Å². The first kappa shape index (κ1) is 13.9. The third-order valence-corrected chi connectivity index (χ3v) is 7.61. The molecule has 3 nitrogen and oxygen atoms in total. The lowest BCUT2D eigenvalue weighted by atomic mass is 10.2. The van der Waals surface area contributed by atoms with E-state index in [1.807, 2.05) is 7.05 Å². The SMILES string of the molecule is CNc1ccc2c(c1)=S(I)c1cc(N(C)C)ccc1N=2. The van der Waals surface area contributed by atoms with Crippen LogP contribution in [0.2, 0.25) is 0 Å². The second-order valence-electron chi connectivity index (χ2n) is 4.85. The molecule has 0 saturated heterocycles. The Labute approximate surface area is 133 Å². The molecule has 3 rings (SSSR count). The van der Waals surface area contributed by atoms with Crippen molar-refractivity contribution < 1.29 is 0 Å². The Balaban J connectivity index is 2.28. The molecule has 1 atom stereocenters.